The maximum absolute atomic E-state index is 12.0. The predicted molar refractivity (Wildman–Crippen MR) is 456 cm³/mol. The van der Waals surface area contributed by atoms with Crippen molar-refractivity contribution < 1.29 is 130 Å². The molecule has 0 saturated heterocycles. The van der Waals surface area contributed by atoms with Crippen molar-refractivity contribution in [2.75, 3.05) is 0 Å². The minimum Gasteiger partial charge on any atom is -0.872 e. The third kappa shape index (κ3) is 36.7. The van der Waals surface area contributed by atoms with Crippen LogP contribution >= 0.6 is 0 Å². The molecule has 16 nitrogen and oxygen atoms in total. The second-order valence-corrected chi connectivity index (χ2v) is 28.8. The van der Waals surface area contributed by atoms with Crippen molar-refractivity contribution in [3.05, 3.63) is 466 Å². The Labute approximate surface area is 777 Å². The van der Waals surface area contributed by atoms with Gasteiger partial charge < -0.3 is 61.3 Å². The standard InChI is InChI=1S/4C21H21NO3.3C7H8.4Fe/c4*23-19-10-4-1-7-16(19)13-22(14-17-8-2-5-11-20(17)24)15-18-9-3-6-12-21(18)25;3*1-7-5-3-2-4-6-7;;;;/h4*1-12,23-25H,13-15H2;3*2-6H,1H3;;;;/q;;;;;;;4*+4/p-12. The van der Waals surface area contributed by atoms with Gasteiger partial charge in [0.2, 0.25) is 0 Å². The van der Waals surface area contributed by atoms with Crippen molar-refractivity contribution >= 4 is 0 Å². The van der Waals surface area contributed by atoms with Crippen LogP contribution in [-0.2, 0) is 147 Å². The third-order valence-electron chi connectivity index (χ3n) is 19.2. The summed E-state index contributed by atoms with van der Waals surface area (Å²) in [6.45, 7) is 10.8. The van der Waals surface area contributed by atoms with Crippen molar-refractivity contribution in [2.24, 2.45) is 0 Å². The second kappa shape index (κ2) is 56.6. The van der Waals surface area contributed by atoms with E-state index in [9.17, 15) is 61.3 Å². The number of hydrogen-bond acceptors (Lipinski definition) is 16. The summed E-state index contributed by atoms with van der Waals surface area (Å²) in [7, 11) is 0. The van der Waals surface area contributed by atoms with Gasteiger partial charge >= 0.3 is 68.3 Å². The van der Waals surface area contributed by atoms with Crippen molar-refractivity contribution in [3.8, 4) is 69.0 Å². The Bertz CT molecular complexity index is 4460. The van der Waals surface area contributed by atoms with E-state index < -0.39 is 0 Å². The molecule has 0 radical (unpaired) electrons. The first-order valence-corrected chi connectivity index (χ1v) is 39.6. The van der Waals surface area contributed by atoms with Gasteiger partial charge in [-0.3, -0.25) is 19.6 Å². The summed E-state index contributed by atoms with van der Waals surface area (Å²) in [6.07, 6.45) is 0. The molecule has 0 heterocycles. The number of aryl methyl sites for hydroxylation is 3. The quantitative estimate of drug-likeness (QED) is 0.0508. The van der Waals surface area contributed by atoms with E-state index in [-0.39, 0.29) is 137 Å². The number of hydrogen-bond donors (Lipinski definition) is 0. The van der Waals surface area contributed by atoms with Crippen LogP contribution in [-0.4, -0.2) is 19.6 Å². The van der Waals surface area contributed by atoms with Crippen molar-refractivity contribution in [3.63, 3.8) is 0 Å². The van der Waals surface area contributed by atoms with Crippen molar-refractivity contribution in [1.29, 1.82) is 0 Å². The summed E-state index contributed by atoms with van der Waals surface area (Å²) in [5.41, 5.74) is 11.7. The van der Waals surface area contributed by atoms with Gasteiger partial charge in [-0.25, -0.2) is 0 Å². The zero-order valence-electron chi connectivity index (χ0n) is 69.5. The van der Waals surface area contributed by atoms with Crippen LogP contribution in [0.2, 0.25) is 0 Å². The molecular weight excluding hydrogens is 1730 g/mol. The molecule has 0 aromatic heterocycles. The maximum Gasteiger partial charge on any atom is 4.00 e. The Morgan fingerprint density at radius 3 is 0.280 bits per heavy atom. The molecule has 0 N–H and O–H groups in total. The SMILES string of the molecule is Cc1ccccc1.Cc1ccccc1.Cc1ccccc1.[Fe+4].[Fe+4].[Fe+4].[Fe+4].[O-]c1ccccc1CN(Cc1ccccc1[O-])Cc1ccccc1[O-].[O-]c1ccccc1CN(Cc1ccccc1[O-])Cc1ccccc1[O-].[O-]c1ccccc1CN(Cc1ccccc1[O-])Cc1ccccc1[O-].[O-]c1ccccc1CN(Cc1ccccc1[O-])Cc1ccccc1[O-]. The summed E-state index contributed by atoms with van der Waals surface area (Å²) in [5.74, 6) is -0.519. The molecule has 0 aliphatic heterocycles. The smallest absolute Gasteiger partial charge is 0.872 e. The zero-order chi connectivity index (χ0) is 85.9. The minimum absolute atomic E-state index is 0. The Morgan fingerprint density at radius 1 is 0.128 bits per heavy atom. The summed E-state index contributed by atoms with van der Waals surface area (Å²) in [5, 5.41) is 145. The normalized spacial score (nSPS) is 10.2. The molecule has 20 heteroatoms. The van der Waals surface area contributed by atoms with Crippen LogP contribution in [0.15, 0.2) is 382 Å². The molecule has 15 aromatic carbocycles. The third-order valence-corrected chi connectivity index (χ3v) is 19.2. The fraction of sp³-hybridized carbons (Fsp3) is 0.143. The van der Waals surface area contributed by atoms with E-state index in [2.05, 4.69) is 57.2 Å². The molecule has 0 saturated carbocycles. The molecule has 0 fully saturated rings. The Hall–Kier alpha value is -12.2. The largest absolute Gasteiger partial charge is 4.00 e. The van der Waals surface area contributed by atoms with E-state index in [1.165, 1.54) is 89.5 Å². The molecule has 0 amide bonds. The van der Waals surface area contributed by atoms with E-state index in [4.69, 9.17) is 0 Å². The molecule has 15 rings (SSSR count). The molecule has 125 heavy (non-hydrogen) atoms. The molecule has 0 spiro atoms. The Kier molecular flexibility index (Phi) is 46.8. The predicted octanol–water partition coefficient (Wildman–Crippen LogP) is 14.4. The summed E-state index contributed by atoms with van der Waals surface area (Å²) < 4.78 is 0. The molecular formula is C105H96Fe4N4O12+4. The second-order valence-electron chi connectivity index (χ2n) is 28.8. The topological polar surface area (TPSA) is 290 Å². The Balaban J connectivity index is 0.000000270. The van der Waals surface area contributed by atoms with Gasteiger partial charge in [-0.15, -0.1) is 69.0 Å². The number of rotatable bonds is 24. The average molecular weight is 1830 g/mol. The summed E-state index contributed by atoms with van der Waals surface area (Å²) in [4.78, 5) is 7.79. The van der Waals surface area contributed by atoms with Gasteiger partial charge in [0.25, 0.3) is 0 Å². The van der Waals surface area contributed by atoms with Gasteiger partial charge in [0.1, 0.15) is 0 Å². The van der Waals surface area contributed by atoms with Crippen LogP contribution in [0, 0.1) is 20.8 Å². The van der Waals surface area contributed by atoms with E-state index in [1.54, 1.807) is 146 Å². The van der Waals surface area contributed by atoms with E-state index in [0.29, 0.717) is 145 Å². The van der Waals surface area contributed by atoms with Crippen LogP contribution in [0.3, 0.4) is 0 Å². The molecule has 636 valence electrons. The van der Waals surface area contributed by atoms with Crippen LogP contribution in [0.1, 0.15) is 83.5 Å². The van der Waals surface area contributed by atoms with E-state index in [1.807, 2.05) is 147 Å². The molecule has 0 bridgehead atoms. The summed E-state index contributed by atoms with van der Waals surface area (Å²) >= 11 is 0. The molecule has 0 aliphatic carbocycles. The van der Waals surface area contributed by atoms with Gasteiger partial charge in [0.05, 0.1) is 0 Å². The van der Waals surface area contributed by atoms with Crippen LogP contribution < -0.4 is 61.3 Å². The fourth-order valence-electron chi connectivity index (χ4n) is 12.8. The number of benzene rings is 15. The van der Waals surface area contributed by atoms with E-state index >= 15 is 0 Å². The van der Waals surface area contributed by atoms with Crippen LogP contribution in [0.25, 0.3) is 0 Å². The number of para-hydroxylation sites is 12. The van der Waals surface area contributed by atoms with Crippen LogP contribution in [0.4, 0.5) is 0 Å². The van der Waals surface area contributed by atoms with Crippen LogP contribution in [0.5, 0.6) is 69.0 Å². The Morgan fingerprint density at radius 2 is 0.208 bits per heavy atom. The first-order chi connectivity index (χ1) is 58.7. The maximum atomic E-state index is 12.0. The van der Waals surface area contributed by atoms with Crippen molar-refractivity contribution in [2.45, 2.75) is 99.3 Å². The van der Waals surface area contributed by atoms with Gasteiger partial charge in [-0.1, -0.05) is 399 Å². The summed E-state index contributed by atoms with van der Waals surface area (Å²) in [6, 6.07) is 113. The first-order valence-electron chi connectivity index (χ1n) is 39.6. The molecule has 0 unspecified atom stereocenters. The van der Waals surface area contributed by atoms with Gasteiger partial charge in [0, 0.05) is 78.5 Å². The minimum atomic E-state index is -0.0432. The number of nitrogens with zero attached hydrogens (tertiary/aromatic N) is 4. The molecule has 0 atom stereocenters. The average Bonchev–Trinajstić information content (AvgIpc) is 0.858. The molecule has 15 aromatic rings. The van der Waals surface area contributed by atoms with Gasteiger partial charge in [0.15, 0.2) is 0 Å². The van der Waals surface area contributed by atoms with Gasteiger partial charge in [-0.05, 0) is 87.5 Å². The van der Waals surface area contributed by atoms with Gasteiger partial charge in [-0.2, -0.15) is 0 Å². The zero-order valence-corrected chi connectivity index (χ0v) is 73.9. The van der Waals surface area contributed by atoms with E-state index in [0.717, 1.165) is 0 Å². The monoisotopic (exact) mass is 1830 g/mol. The first kappa shape index (κ1) is 103. The molecule has 0 aliphatic rings. The fourth-order valence-corrected chi connectivity index (χ4v) is 12.8. The van der Waals surface area contributed by atoms with Crippen molar-refractivity contribution in [1.82, 2.24) is 19.6 Å².